The summed E-state index contributed by atoms with van der Waals surface area (Å²) < 4.78 is 44.6. The highest BCUT2D eigenvalue weighted by Crippen LogP contribution is 2.51. The minimum Gasteiger partial charge on any atom is -0.311 e. The molecule has 0 amide bonds. The monoisotopic (exact) mass is 913 g/mol. The Morgan fingerprint density at radius 2 is 0.718 bits per heavy atom. The SMILES string of the molecule is [2H]c1c([2H])c([2H])c(-c2c3ccccc3c(-c3cc4c5c(c3)N(c3ccccc3)c3cc(C(C)(C)c6ccccc6)ccc3B5c3ccc(C(C)(C)c5ccccc5)cc3N4c3ccccc3)c3ccccc23)c([2H])c1[2H]. The van der Waals surface area contributed by atoms with Crippen LogP contribution in [0.5, 0.6) is 0 Å². The topological polar surface area (TPSA) is 6.48 Å². The van der Waals surface area contributed by atoms with E-state index in [0.29, 0.717) is 5.56 Å². The molecule has 2 aliphatic rings. The van der Waals surface area contributed by atoms with E-state index in [2.05, 4.69) is 219 Å². The summed E-state index contributed by atoms with van der Waals surface area (Å²) in [6, 6.07) is 76.9. The van der Waals surface area contributed by atoms with Gasteiger partial charge in [0.25, 0.3) is 6.71 Å². The second kappa shape index (κ2) is 16.6. The Bertz CT molecular complexity index is 3870. The summed E-state index contributed by atoms with van der Waals surface area (Å²) in [5.41, 5.74) is 17.1. The zero-order valence-corrected chi connectivity index (χ0v) is 40.3. The van der Waals surface area contributed by atoms with Gasteiger partial charge in [0, 0.05) is 45.0 Å². The Hall–Kier alpha value is -8.40. The molecule has 3 heteroatoms. The number of rotatable bonds is 8. The van der Waals surface area contributed by atoms with E-state index in [0.717, 1.165) is 66.8 Å². The molecule has 338 valence electrons. The zero-order chi connectivity index (χ0) is 52.2. The van der Waals surface area contributed by atoms with Crippen LogP contribution in [0.1, 0.15) is 56.8 Å². The van der Waals surface area contributed by atoms with Gasteiger partial charge in [0.2, 0.25) is 0 Å². The molecule has 0 aliphatic carbocycles. The third-order valence-electron chi connectivity index (χ3n) is 15.5. The first-order chi connectivity index (χ1) is 36.8. The average molecular weight is 914 g/mol. The van der Waals surface area contributed by atoms with Gasteiger partial charge in [0.05, 0.1) is 6.85 Å². The van der Waals surface area contributed by atoms with Gasteiger partial charge in [-0.3, -0.25) is 0 Å². The molecule has 11 aromatic carbocycles. The van der Waals surface area contributed by atoms with E-state index in [4.69, 9.17) is 4.11 Å². The molecule has 0 atom stereocenters. The first kappa shape index (κ1) is 37.5. The number of benzene rings is 11. The lowest BCUT2D eigenvalue weighted by Gasteiger charge is -2.45. The largest absolute Gasteiger partial charge is 0.311 e. The van der Waals surface area contributed by atoms with Crippen molar-refractivity contribution in [1.29, 1.82) is 0 Å². The molecule has 71 heavy (non-hydrogen) atoms. The maximum Gasteiger partial charge on any atom is 0.252 e. The number of hydrogen-bond donors (Lipinski definition) is 0. The van der Waals surface area contributed by atoms with Crippen molar-refractivity contribution in [2.24, 2.45) is 0 Å². The molecule has 0 saturated carbocycles. The summed E-state index contributed by atoms with van der Waals surface area (Å²) in [4.78, 5) is 4.95. The number of fused-ring (bicyclic) bond motifs is 6. The maximum absolute atomic E-state index is 9.27. The Morgan fingerprint density at radius 1 is 0.352 bits per heavy atom. The van der Waals surface area contributed by atoms with E-state index in [-0.39, 0.29) is 47.3 Å². The highest BCUT2D eigenvalue weighted by atomic mass is 15.2. The van der Waals surface area contributed by atoms with E-state index in [1.54, 1.807) is 0 Å². The van der Waals surface area contributed by atoms with E-state index in [9.17, 15) is 2.74 Å². The molecule has 0 bridgehead atoms. The lowest BCUT2D eigenvalue weighted by Crippen LogP contribution is -2.61. The Balaban J connectivity index is 1.17. The summed E-state index contributed by atoms with van der Waals surface area (Å²) in [6.07, 6.45) is 0. The Kier molecular flexibility index (Phi) is 8.79. The van der Waals surface area contributed by atoms with Gasteiger partial charge in [-0.1, -0.05) is 228 Å². The fourth-order valence-electron chi connectivity index (χ4n) is 11.7. The van der Waals surface area contributed by atoms with Crippen molar-refractivity contribution in [3.05, 3.63) is 271 Å². The molecule has 11 aromatic rings. The zero-order valence-electron chi connectivity index (χ0n) is 45.3. The minimum absolute atomic E-state index is 0.147. The van der Waals surface area contributed by atoms with Crippen molar-refractivity contribution >= 4 is 78.8 Å². The molecule has 0 radical (unpaired) electrons. The molecule has 0 N–H and O–H groups in total. The van der Waals surface area contributed by atoms with Gasteiger partial charge in [0.1, 0.15) is 0 Å². The first-order valence-corrected chi connectivity index (χ1v) is 24.6. The highest BCUT2D eigenvalue weighted by molar-refractivity contribution is 7.00. The molecule has 0 unspecified atom stereocenters. The number of anilines is 6. The van der Waals surface area contributed by atoms with Gasteiger partial charge >= 0.3 is 0 Å². The molecule has 2 nitrogen and oxygen atoms in total. The van der Waals surface area contributed by atoms with Crippen LogP contribution < -0.4 is 26.2 Å². The Morgan fingerprint density at radius 3 is 1.13 bits per heavy atom. The van der Waals surface area contributed by atoms with E-state index < -0.39 is 6.04 Å². The van der Waals surface area contributed by atoms with Crippen molar-refractivity contribution in [2.75, 3.05) is 9.80 Å². The van der Waals surface area contributed by atoms with Gasteiger partial charge in [0.15, 0.2) is 0 Å². The number of hydrogen-bond acceptors (Lipinski definition) is 2. The van der Waals surface area contributed by atoms with Crippen LogP contribution in [-0.2, 0) is 10.8 Å². The molecule has 0 aromatic heterocycles. The summed E-state index contributed by atoms with van der Waals surface area (Å²) in [5.74, 6) is 0. The summed E-state index contributed by atoms with van der Waals surface area (Å²) in [7, 11) is 0. The highest BCUT2D eigenvalue weighted by Gasteiger charge is 2.45. The molecular formula is C68H53BN2. The van der Waals surface area contributed by atoms with Gasteiger partial charge in [-0.2, -0.15) is 0 Å². The third-order valence-corrected chi connectivity index (χ3v) is 15.5. The maximum atomic E-state index is 9.27. The average Bonchev–Trinajstić information content (AvgIpc) is 3.52. The number of para-hydroxylation sites is 2. The Labute approximate surface area is 425 Å². The van der Waals surface area contributed by atoms with E-state index >= 15 is 0 Å². The fourth-order valence-corrected chi connectivity index (χ4v) is 11.7. The van der Waals surface area contributed by atoms with Crippen LogP contribution in [0.4, 0.5) is 34.1 Å². The lowest BCUT2D eigenvalue weighted by molar-refractivity contribution is 0.641. The predicted octanol–water partition coefficient (Wildman–Crippen LogP) is 16.1. The number of nitrogens with zero attached hydrogens (tertiary/aromatic N) is 2. The van der Waals surface area contributed by atoms with Gasteiger partial charge in [-0.05, 0) is 131 Å². The summed E-state index contributed by atoms with van der Waals surface area (Å²) >= 11 is 0. The van der Waals surface area contributed by atoms with Crippen molar-refractivity contribution in [2.45, 2.75) is 38.5 Å². The van der Waals surface area contributed by atoms with E-state index in [1.807, 2.05) is 36.4 Å². The standard InChI is InChI=1S/C68H53BN2/c1-67(2,48-26-12-6-13-27-48)50-38-40-58-60(44-50)70(52-30-16-8-17-31-52)62-42-47(65-56-36-22-20-34-54(56)64(46-24-10-5-11-25-46)55-35-21-23-37-57(55)65)43-63-66(62)69(58)59-41-39-51(68(3,4)49-28-14-7-15-29-49)45-61(59)71(63)53-32-18-9-19-33-53/h5-45H,1-4H3/i5D,10D,11D,24D,25D. The van der Waals surface area contributed by atoms with Crippen molar-refractivity contribution in [1.82, 2.24) is 0 Å². The fraction of sp³-hybridized carbons (Fsp3) is 0.0882. The minimum atomic E-state index is -0.411. The quantitative estimate of drug-likeness (QED) is 0.111. The second-order valence-electron chi connectivity index (χ2n) is 20.1. The molecule has 2 heterocycles. The van der Waals surface area contributed by atoms with Crippen LogP contribution in [0.15, 0.2) is 249 Å². The van der Waals surface area contributed by atoms with Crippen LogP contribution in [0, 0.1) is 0 Å². The third kappa shape index (κ3) is 6.78. The van der Waals surface area contributed by atoms with Gasteiger partial charge < -0.3 is 9.80 Å². The van der Waals surface area contributed by atoms with Crippen molar-refractivity contribution < 1.29 is 6.85 Å². The summed E-state index contributed by atoms with van der Waals surface area (Å²) in [6.45, 7) is 9.12. The second-order valence-corrected chi connectivity index (χ2v) is 20.1. The van der Waals surface area contributed by atoms with Crippen LogP contribution in [0.2, 0.25) is 0 Å². The van der Waals surface area contributed by atoms with Crippen LogP contribution in [-0.4, -0.2) is 6.71 Å². The molecule has 0 spiro atoms. The molecular weight excluding hydrogens is 856 g/mol. The lowest BCUT2D eigenvalue weighted by atomic mass is 9.33. The van der Waals surface area contributed by atoms with Gasteiger partial charge in [-0.25, -0.2) is 0 Å². The van der Waals surface area contributed by atoms with Gasteiger partial charge in [-0.15, -0.1) is 0 Å². The van der Waals surface area contributed by atoms with E-state index in [1.165, 1.54) is 38.6 Å². The van der Waals surface area contributed by atoms with Crippen LogP contribution >= 0.6 is 0 Å². The molecule has 0 fully saturated rings. The van der Waals surface area contributed by atoms with Crippen LogP contribution in [0.3, 0.4) is 0 Å². The van der Waals surface area contributed by atoms with Crippen molar-refractivity contribution in [3.63, 3.8) is 0 Å². The normalized spacial score (nSPS) is 14.0. The summed E-state index contributed by atoms with van der Waals surface area (Å²) in [5, 5.41) is 3.43. The predicted molar refractivity (Wildman–Crippen MR) is 303 cm³/mol. The molecule has 13 rings (SSSR count). The molecule has 2 aliphatic heterocycles. The van der Waals surface area contributed by atoms with Crippen molar-refractivity contribution in [3.8, 4) is 22.3 Å². The smallest absolute Gasteiger partial charge is 0.252 e. The van der Waals surface area contributed by atoms with Crippen LogP contribution in [0.25, 0.3) is 43.8 Å². The first-order valence-electron chi connectivity index (χ1n) is 27.1. The molecule has 0 saturated heterocycles.